The number of hydrogen-bond acceptors (Lipinski definition) is 4. The topological polar surface area (TPSA) is 64.4 Å². The molecular formula is C12H18N2O3. The number of nitro groups is 1. The first-order chi connectivity index (χ1) is 8.15. The van der Waals surface area contributed by atoms with Crippen LogP contribution in [0.4, 0.5) is 5.69 Å². The van der Waals surface area contributed by atoms with Crippen LogP contribution < -0.4 is 5.32 Å². The highest BCUT2D eigenvalue weighted by Crippen LogP contribution is 2.18. The maximum Gasteiger partial charge on any atom is 0.269 e. The van der Waals surface area contributed by atoms with E-state index in [-0.39, 0.29) is 16.7 Å². The van der Waals surface area contributed by atoms with Crippen molar-refractivity contribution in [3.63, 3.8) is 0 Å². The van der Waals surface area contributed by atoms with Gasteiger partial charge in [-0.05, 0) is 19.4 Å². The van der Waals surface area contributed by atoms with E-state index in [2.05, 4.69) is 5.32 Å². The molecule has 0 saturated carbocycles. The van der Waals surface area contributed by atoms with Gasteiger partial charge >= 0.3 is 0 Å². The van der Waals surface area contributed by atoms with E-state index in [0.717, 1.165) is 12.1 Å². The quantitative estimate of drug-likeness (QED) is 0.449. The summed E-state index contributed by atoms with van der Waals surface area (Å²) in [6.07, 6.45) is 0. The van der Waals surface area contributed by atoms with Gasteiger partial charge in [-0.3, -0.25) is 10.1 Å². The van der Waals surface area contributed by atoms with Crippen molar-refractivity contribution in [1.82, 2.24) is 5.32 Å². The summed E-state index contributed by atoms with van der Waals surface area (Å²) in [5.41, 5.74) is 1.04. The molecule has 1 rings (SSSR count). The molecule has 5 nitrogen and oxygen atoms in total. The zero-order valence-corrected chi connectivity index (χ0v) is 10.2. The highest BCUT2D eigenvalue weighted by molar-refractivity contribution is 5.35. The van der Waals surface area contributed by atoms with E-state index in [0.29, 0.717) is 13.2 Å². The van der Waals surface area contributed by atoms with Gasteiger partial charge in [0.25, 0.3) is 5.69 Å². The van der Waals surface area contributed by atoms with Crippen molar-refractivity contribution in [2.45, 2.75) is 19.9 Å². The van der Waals surface area contributed by atoms with Crippen molar-refractivity contribution < 1.29 is 9.66 Å². The predicted molar refractivity (Wildman–Crippen MR) is 66.0 cm³/mol. The Morgan fingerprint density at radius 1 is 1.53 bits per heavy atom. The Morgan fingerprint density at radius 2 is 2.29 bits per heavy atom. The van der Waals surface area contributed by atoms with Gasteiger partial charge in [0, 0.05) is 31.3 Å². The van der Waals surface area contributed by atoms with Crippen molar-refractivity contribution in [1.29, 1.82) is 0 Å². The third kappa shape index (κ3) is 4.50. The van der Waals surface area contributed by atoms with Crippen LogP contribution in [0.1, 0.15) is 25.5 Å². The van der Waals surface area contributed by atoms with E-state index in [4.69, 9.17) is 4.74 Å². The van der Waals surface area contributed by atoms with E-state index < -0.39 is 0 Å². The molecule has 1 aromatic carbocycles. The van der Waals surface area contributed by atoms with Crippen LogP contribution in [0.5, 0.6) is 0 Å². The van der Waals surface area contributed by atoms with Crippen LogP contribution in [0, 0.1) is 10.1 Å². The maximum absolute atomic E-state index is 10.6. The van der Waals surface area contributed by atoms with Gasteiger partial charge in [-0.1, -0.05) is 12.1 Å². The van der Waals surface area contributed by atoms with Crippen LogP contribution in [0.3, 0.4) is 0 Å². The Hall–Kier alpha value is -1.46. The molecule has 0 aliphatic heterocycles. The maximum atomic E-state index is 10.6. The summed E-state index contributed by atoms with van der Waals surface area (Å²) >= 11 is 0. The van der Waals surface area contributed by atoms with E-state index in [1.165, 1.54) is 6.07 Å². The normalized spacial score (nSPS) is 12.4. The monoisotopic (exact) mass is 238 g/mol. The third-order valence-corrected chi connectivity index (χ3v) is 2.48. The molecule has 0 radical (unpaired) electrons. The van der Waals surface area contributed by atoms with Crippen molar-refractivity contribution in [3.05, 3.63) is 39.9 Å². The lowest BCUT2D eigenvalue weighted by molar-refractivity contribution is -0.384. The number of non-ortho nitro benzene ring substituents is 1. The minimum atomic E-state index is -0.379. The molecule has 0 spiro atoms. The number of benzene rings is 1. The second-order valence-electron chi connectivity index (χ2n) is 3.72. The number of hydrogen-bond donors (Lipinski definition) is 1. The number of nitrogens with one attached hydrogen (secondary N) is 1. The summed E-state index contributed by atoms with van der Waals surface area (Å²) in [5, 5.41) is 13.9. The number of ether oxygens (including phenoxy) is 1. The first-order valence-electron chi connectivity index (χ1n) is 5.70. The number of rotatable bonds is 7. The highest BCUT2D eigenvalue weighted by atomic mass is 16.6. The molecule has 1 atom stereocenters. The van der Waals surface area contributed by atoms with E-state index in [1.807, 2.05) is 19.9 Å². The largest absolute Gasteiger partial charge is 0.380 e. The molecule has 0 bridgehead atoms. The van der Waals surface area contributed by atoms with Crippen LogP contribution >= 0.6 is 0 Å². The van der Waals surface area contributed by atoms with Gasteiger partial charge in [0.15, 0.2) is 0 Å². The fraction of sp³-hybridized carbons (Fsp3) is 0.500. The van der Waals surface area contributed by atoms with Crippen LogP contribution in [-0.4, -0.2) is 24.7 Å². The third-order valence-electron chi connectivity index (χ3n) is 2.48. The molecule has 17 heavy (non-hydrogen) atoms. The molecule has 1 N–H and O–H groups in total. The molecule has 5 heteroatoms. The predicted octanol–water partition coefficient (Wildman–Crippen LogP) is 2.28. The average Bonchev–Trinajstić information content (AvgIpc) is 2.34. The van der Waals surface area contributed by atoms with Gasteiger partial charge in [0.2, 0.25) is 0 Å². The highest BCUT2D eigenvalue weighted by Gasteiger charge is 2.09. The van der Waals surface area contributed by atoms with Crippen molar-refractivity contribution >= 4 is 5.69 Å². The molecule has 0 aliphatic carbocycles. The van der Waals surface area contributed by atoms with Crippen molar-refractivity contribution in [2.24, 2.45) is 0 Å². The molecule has 0 aromatic heterocycles. The lowest BCUT2D eigenvalue weighted by Crippen LogP contribution is -2.23. The molecule has 0 aliphatic rings. The van der Waals surface area contributed by atoms with Crippen molar-refractivity contribution in [2.75, 3.05) is 19.8 Å². The molecular weight excluding hydrogens is 220 g/mol. The van der Waals surface area contributed by atoms with Crippen LogP contribution in [0.2, 0.25) is 0 Å². The molecule has 94 valence electrons. The van der Waals surface area contributed by atoms with Gasteiger partial charge in [0.1, 0.15) is 0 Å². The molecule has 0 saturated heterocycles. The zero-order chi connectivity index (χ0) is 12.7. The van der Waals surface area contributed by atoms with Crippen LogP contribution in [0.25, 0.3) is 0 Å². The van der Waals surface area contributed by atoms with E-state index in [9.17, 15) is 10.1 Å². The summed E-state index contributed by atoms with van der Waals surface area (Å²) in [4.78, 5) is 10.3. The number of nitro benzene ring substituents is 1. The summed E-state index contributed by atoms with van der Waals surface area (Å²) in [6, 6.07) is 6.75. The fourth-order valence-electron chi connectivity index (χ4n) is 1.52. The molecule has 0 heterocycles. The fourth-order valence-corrected chi connectivity index (χ4v) is 1.52. The van der Waals surface area contributed by atoms with E-state index >= 15 is 0 Å². The van der Waals surface area contributed by atoms with Gasteiger partial charge in [0.05, 0.1) is 11.5 Å². The SMILES string of the molecule is CCOCCNC(C)c1cccc([N+](=O)[O-])c1. The second-order valence-corrected chi connectivity index (χ2v) is 3.72. The molecule has 0 amide bonds. The smallest absolute Gasteiger partial charge is 0.269 e. The number of nitrogens with zero attached hydrogens (tertiary/aromatic N) is 1. The summed E-state index contributed by atoms with van der Waals surface area (Å²) in [7, 11) is 0. The Kier molecular flexibility index (Phi) is 5.59. The summed E-state index contributed by atoms with van der Waals surface area (Å²) in [6.45, 7) is 6.01. The van der Waals surface area contributed by atoms with Gasteiger partial charge in [-0.2, -0.15) is 0 Å². The van der Waals surface area contributed by atoms with Crippen LogP contribution in [-0.2, 0) is 4.74 Å². The minimum absolute atomic E-state index is 0.0790. The standard InChI is InChI=1S/C12H18N2O3/c1-3-17-8-7-13-10(2)11-5-4-6-12(9-11)14(15)16/h4-6,9-10,13H,3,7-8H2,1-2H3. The van der Waals surface area contributed by atoms with Crippen LogP contribution in [0.15, 0.2) is 24.3 Å². The van der Waals surface area contributed by atoms with Gasteiger partial charge < -0.3 is 10.1 Å². The minimum Gasteiger partial charge on any atom is -0.380 e. The first-order valence-corrected chi connectivity index (χ1v) is 5.70. The molecule has 0 fully saturated rings. The molecule has 1 unspecified atom stereocenters. The first kappa shape index (κ1) is 13.6. The Morgan fingerprint density at radius 3 is 2.94 bits per heavy atom. The second kappa shape index (κ2) is 6.98. The molecule has 1 aromatic rings. The Labute approximate surface area is 101 Å². The van der Waals surface area contributed by atoms with Gasteiger partial charge in [-0.15, -0.1) is 0 Å². The Bertz CT molecular complexity index is 369. The Balaban J connectivity index is 2.53. The van der Waals surface area contributed by atoms with Gasteiger partial charge in [-0.25, -0.2) is 0 Å². The summed E-state index contributed by atoms with van der Waals surface area (Å²) < 4.78 is 5.21. The zero-order valence-electron chi connectivity index (χ0n) is 10.2. The van der Waals surface area contributed by atoms with E-state index in [1.54, 1.807) is 12.1 Å². The lowest BCUT2D eigenvalue weighted by Gasteiger charge is -2.13. The average molecular weight is 238 g/mol. The summed E-state index contributed by atoms with van der Waals surface area (Å²) in [5.74, 6) is 0. The lowest BCUT2D eigenvalue weighted by atomic mass is 10.1. The van der Waals surface area contributed by atoms with Crippen molar-refractivity contribution in [3.8, 4) is 0 Å².